The second-order valence-electron chi connectivity index (χ2n) is 4.18. The minimum Gasteiger partial charge on any atom is -0.753 e. The lowest BCUT2D eigenvalue weighted by molar-refractivity contribution is -0.214. The Morgan fingerprint density at radius 1 is 1.65 bits per heavy atom. The van der Waals surface area contributed by atoms with Gasteiger partial charge >= 0.3 is 13.6 Å². The predicted octanol–water partition coefficient (Wildman–Crippen LogP) is -1.36. The van der Waals surface area contributed by atoms with Crippen molar-refractivity contribution in [3.8, 4) is 0 Å². The topological polar surface area (TPSA) is 134 Å². The summed E-state index contributed by atoms with van der Waals surface area (Å²) in [5.74, 6) is 0. The second kappa shape index (κ2) is 5.58. The molecule has 112 valence electrons. The SMILES string of the molecule is O=c1ccn([C@H]2C[C@H](O)[C@@H](COP(=O)([O-])F)O2)c(=O)[nH]1. The van der Waals surface area contributed by atoms with Gasteiger partial charge in [0, 0.05) is 18.7 Å². The summed E-state index contributed by atoms with van der Waals surface area (Å²) >= 11 is 0. The van der Waals surface area contributed by atoms with E-state index in [1.807, 2.05) is 4.98 Å². The maximum atomic E-state index is 12.2. The third kappa shape index (κ3) is 3.62. The first-order valence-corrected chi connectivity index (χ1v) is 7.00. The summed E-state index contributed by atoms with van der Waals surface area (Å²) in [4.78, 5) is 34.7. The zero-order valence-electron chi connectivity index (χ0n) is 9.97. The van der Waals surface area contributed by atoms with Crippen LogP contribution < -0.4 is 16.1 Å². The molecule has 0 aromatic carbocycles. The van der Waals surface area contributed by atoms with Crippen LogP contribution in [0.25, 0.3) is 0 Å². The van der Waals surface area contributed by atoms with Gasteiger partial charge in [-0.05, 0) is 0 Å². The zero-order chi connectivity index (χ0) is 14.9. The van der Waals surface area contributed by atoms with Crippen LogP contribution in [0.2, 0.25) is 0 Å². The fourth-order valence-electron chi connectivity index (χ4n) is 1.85. The minimum absolute atomic E-state index is 0.0323. The molecule has 1 unspecified atom stereocenters. The van der Waals surface area contributed by atoms with Crippen LogP contribution in [-0.4, -0.2) is 33.5 Å². The lowest BCUT2D eigenvalue weighted by atomic mass is 10.2. The van der Waals surface area contributed by atoms with E-state index in [4.69, 9.17) is 4.74 Å². The van der Waals surface area contributed by atoms with E-state index in [1.165, 1.54) is 6.20 Å². The van der Waals surface area contributed by atoms with Crippen LogP contribution in [0.5, 0.6) is 0 Å². The number of nitrogens with zero attached hydrogens (tertiary/aromatic N) is 1. The van der Waals surface area contributed by atoms with E-state index in [1.54, 1.807) is 0 Å². The third-order valence-electron chi connectivity index (χ3n) is 2.76. The number of halogens is 1. The van der Waals surface area contributed by atoms with E-state index >= 15 is 0 Å². The van der Waals surface area contributed by atoms with E-state index in [0.717, 1.165) is 10.6 Å². The highest BCUT2D eigenvalue weighted by Gasteiger charge is 2.36. The highest BCUT2D eigenvalue weighted by atomic mass is 31.2. The van der Waals surface area contributed by atoms with Crippen LogP contribution >= 0.6 is 7.91 Å². The molecule has 9 nitrogen and oxygen atoms in total. The smallest absolute Gasteiger partial charge is 0.330 e. The van der Waals surface area contributed by atoms with E-state index < -0.39 is 44.2 Å². The molecule has 0 bridgehead atoms. The molecule has 4 atom stereocenters. The molecule has 1 aliphatic heterocycles. The largest absolute Gasteiger partial charge is 0.753 e. The lowest BCUT2D eigenvalue weighted by Gasteiger charge is -2.19. The number of aromatic nitrogens is 2. The number of aliphatic hydroxyl groups excluding tert-OH is 1. The van der Waals surface area contributed by atoms with Crippen LogP contribution in [-0.2, 0) is 13.8 Å². The number of hydrogen-bond acceptors (Lipinski definition) is 7. The van der Waals surface area contributed by atoms with Gasteiger partial charge in [-0.2, -0.15) is 4.20 Å². The predicted molar refractivity (Wildman–Crippen MR) is 60.5 cm³/mol. The zero-order valence-corrected chi connectivity index (χ0v) is 10.9. The number of rotatable bonds is 4. The van der Waals surface area contributed by atoms with Crippen LogP contribution in [0, 0.1) is 0 Å². The summed E-state index contributed by atoms with van der Waals surface area (Å²) < 4.78 is 32.6. The van der Waals surface area contributed by atoms with Gasteiger partial charge in [0.05, 0.1) is 12.7 Å². The molecular formula is C9H11FN2O7P-. The number of H-pyrrole nitrogens is 1. The fourth-order valence-corrected chi connectivity index (χ4v) is 2.18. The summed E-state index contributed by atoms with van der Waals surface area (Å²) in [6, 6.07) is 1.09. The molecule has 1 aromatic heterocycles. The standard InChI is InChI=1S/C9H12FN2O7P/c10-20(16,17)18-4-6-5(13)3-8(19-6)12-2-1-7(14)11-9(12)15/h1-2,5-6,8,13H,3-4H2,(H,16,17)(H,11,14,15)/p-1/t5-,6+,8+/m0/s1. The molecule has 1 saturated heterocycles. The number of ether oxygens (including phenoxy) is 1. The number of hydrogen-bond donors (Lipinski definition) is 2. The lowest BCUT2D eigenvalue weighted by Crippen LogP contribution is -2.31. The van der Waals surface area contributed by atoms with Crippen molar-refractivity contribution in [3.63, 3.8) is 0 Å². The number of aromatic amines is 1. The molecule has 0 amide bonds. The molecular weight excluding hydrogens is 298 g/mol. The van der Waals surface area contributed by atoms with E-state index in [2.05, 4.69) is 4.52 Å². The third-order valence-corrected chi connectivity index (χ3v) is 3.22. The summed E-state index contributed by atoms with van der Waals surface area (Å²) in [7, 11) is -5.41. The summed E-state index contributed by atoms with van der Waals surface area (Å²) in [6.07, 6.45) is -2.00. The Kier molecular flexibility index (Phi) is 4.21. The van der Waals surface area contributed by atoms with Crippen LogP contribution in [0.4, 0.5) is 4.20 Å². The van der Waals surface area contributed by atoms with Crippen LogP contribution in [0.3, 0.4) is 0 Å². The van der Waals surface area contributed by atoms with E-state index in [-0.39, 0.29) is 6.42 Å². The second-order valence-corrected chi connectivity index (χ2v) is 5.30. The van der Waals surface area contributed by atoms with Gasteiger partial charge in [-0.3, -0.25) is 18.9 Å². The molecule has 2 rings (SSSR count). The Hall–Kier alpha value is -1.32. The molecule has 1 aromatic rings. The van der Waals surface area contributed by atoms with Crippen molar-refractivity contribution in [3.05, 3.63) is 33.1 Å². The molecule has 1 aliphatic rings. The minimum atomic E-state index is -5.41. The molecule has 11 heteroatoms. The van der Waals surface area contributed by atoms with Gasteiger partial charge in [-0.25, -0.2) is 4.79 Å². The Morgan fingerprint density at radius 3 is 2.95 bits per heavy atom. The highest BCUT2D eigenvalue weighted by Crippen LogP contribution is 2.39. The molecule has 2 N–H and O–H groups in total. The molecule has 1 fully saturated rings. The van der Waals surface area contributed by atoms with Crippen molar-refractivity contribution in [2.24, 2.45) is 0 Å². The summed E-state index contributed by atoms with van der Waals surface area (Å²) in [5.41, 5.74) is -1.33. The van der Waals surface area contributed by atoms with Crippen molar-refractivity contribution in [1.29, 1.82) is 0 Å². The molecule has 0 spiro atoms. The van der Waals surface area contributed by atoms with Gasteiger partial charge < -0.3 is 19.3 Å². The van der Waals surface area contributed by atoms with Crippen molar-refractivity contribution in [2.75, 3.05) is 6.61 Å². The first-order chi connectivity index (χ1) is 9.26. The molecule has 2 heterocycles. The van der Waals surface area contributed by atoms with Gasteiger partial charge in [0.1, 0.15) is 12.3 Å². The molecule has 0 radical (unpaired) electrons. The average Bonchev–Trinajstić information content (AvgIpc) is 2.67. The van der Waals surface area contributed by atoms with Crippen LogP contribution in [0.1, 0.15) is 12.6 Å². The maximum absolute atomic E-state index is 12.2. The number of nitrogens with one attached hydrogen (secondary N) is 1. The monoisotopic (exact) mass is 309 g/mol. The Labute approximate surface area is 111 Å². The first kappa shape index (κ1) is 15.1. The van der Waals surface area contributed by atoms with Crippen molar-refractivity contribution in [1.82, 2.24) is 9.55 Å². The van der Waals surface area contributed by atoms with Gasteiger partial charge in [0.25, 0.3) is 5.56 Å². The van der Waals surface area contributed by atoms with E-state index in [9.17, 15) is 28.4 Å². The first-order valence-electron chi connectivity index (χ1n) is 5.56. The molecule has 20 heavy (non-hydrogen) atoms. The Bertz CT molecular complexity index is 638. The van der Waals surface area contributed by atoms with Gasteiger partial charge in [0.2, 0.25) is 0 Å². The quantitative estimate of drug-likeness (QED) is 0.656. The average molecular weight is 309 g/mol. The van der Waals surface area contributed by atoms with Crippen molar-refractivity contribution in [2.45, 2.75) is 24.9 Å². The summed E-state index contributed by atoms with van der Waals surface area (Å²) in [5, 5.41) is 9.66. The normalized spacial score (nSPS) is 29.2. The maximum Gasteiger partial charge on any atom is 0.330 e. The molecule has 0 aliphatic carbocycles. The Morgan fingerprint density at radius 2 is 2.35 bits per heavy atom. The van der Waals surface area contributed by atoms with Crippen molar-refractivity contribution >= 4 is 7.91 Å². The Balaban J connectivity index is 2.08. The van der Waals surface area contributed by atoms with Crippen LogP contribution in [0.15, 0.2) is 21.9 Å². The number of aliphatic hydroxyl groups is 1. The summed E-state index contributed by atoms with van der Waals surface area (Å²) in [6.45, 7) is -0.701. The highest BCUT2D eigenvalue weighted by molar-refractivity contribution is 7.45. The molecule has 0 saturated carbocycles. The van der Waals surface area contributed by atoms with Gasteiger partial charge in [-0.15, -0.1) is 0 Å². The van der Waals surface area contributed by atoms with E-state index in [0.29, 0.717) is 0 Å². The fraction of sp³-hybridized carbons (Fsp3) is 0.556. The van der Waals surface area contributed by atoms with Gasteiger partial charge in [-0.1, -0.05) is 0 Å². The van der Waals surface area contributed by atoms with Gasteiger partial charge in [0.15, 0.2) is 0 Å². The van der Waals surface area contributed by atoms with Crippen molar-refractivity contribution < 1.29 is 28.0 Å².